The molecule has 0 bridgehead atoms. The van der Waals surface area contributed by atoms with E-state index in [9.17, 15) is 0 Å². The Bertz CT molecular complexity index is 786. The Morgan fingerprint density at radius 2 is 1.93 bits per heavy atom. The maximum atomic E-state index is 5.70. The lowest BCUT2D eigenvalue weighted by molar-refractivity contribution is 0.215. The van der Waals surface area contributed by atoms with Gasteiger partial charge in [0.25, 0.3) is 0 Å². The Labute approximate surface area is 179 Å². The van der Waals surface area contributed by atoms with Crippen LogP contribution >= 0.6 is 0 Å². The molecule has 1 aromatic heterocycles. The average molecular weight is 415 g/mol. The molecule has 1 saturated heterocycles. The number of benzene rings is 1. The van der Waals surface area contributed by atoms with E-state index in [1.165, 1.54) is 18.4 Å². The van der Waals surface area contributed by atoms with Crippen molar-refractivity contribution in [3.8, 4) is 11.5 Å². The third-order valence-corrected chi connectivity index (χ3v) is 5.52. The van der Waals surface area contributed by atoms with Gasteiger partial charge in [0.2, 0.25) is 0 Å². The monoisotopic (exact) mass is 414 g/mol. The number of rotatable bonds is 10. The van der Waals surface area contributed by atoms with Crippen molar-refractivity contribution in [1.82, 2.24) is 15.5 Å². The molecular weight excluding hydrogens is 380 g/mol. The van der Waals surface area contributed by atoms with Crippen LogP contribution in [0.5, 0.6) is 11.5 Å². The van der Waals surface area contributed by atoms with Gasteiger partial charge in [0.1, 0.15) is 5.76 Å². The summed E-state index contributed by atoms with van der Waals surface area (Å²) in [4.78, 5) is 6.85. The van der Waals surface area contributed by atoms with E-state index in [1.807, 2.05) is 18.2 Å². The van der Waals surface area contributed by atoms with E-state index in [0.717, 1.165) is 62.2 Å². The Kier molecular flexibility index (Phi) is 8.44. The number of furan rings is 1. The summed E-state index contributed by atoms with van der Waals surface area (Å²) >= 11 is 0. The number of likely N-dealkylation sites (tertiary alicyclic amines) is 1. The first-order chi connectivity index (χ1) is 14.7. The quantitative estimate of drug-likeness (QED) is 0.353. The molecule has 7 heteroatoms. The molecule has 0 aliphatic carbocycles. The highest BCUT2D eigenvalue weighted by Crippen LogP contribution is 2.28. The van der Waals surface area contributed by atoms with Gasteiger partial charge in [-0.1, -0.05) is 6.07 Å². The van der Waals surface area contributed by atoms with Crippen LogP contribution in [0.1, 0.15) is 36.6 Å². The van der Waals surface area contributed by atoms with Crippen LogP contribution in [0.4, 0.5) is 0 Å². The molecule has 30 heavy (non-hydrogen) atoms. The Hall–Kier alpha value is -2.67. The van der Waals surface area contributed by atoms with E-state index < -0.39 is 0 Å². The van der Waals surface area contributed by atoms with Crippen LogP contribution in [-0.4, -0.2) is 58.3 Å². The van der Waals surface area contributed by atoms with Gasteiger partial charge in [-0.15, -0.1) is 0 Å². The number of guanidine groups is 1. The van der Waals surface area contributed by atoms with Gasteiger partial charge in [-0.2, -0.15) is 0 Å². The minimum absolute atomic E-state index is 0.229. The summed E-state index contributed by atoms with van der Waals surface area (Å²) in [7, 11) is 5.12. The second-order valence-electron chi connectivity index (χ2n) is 7.45. The molecule has 7 nitrogen and oxygen atoms in total. The van der Waals surface area contributed by atoms with Crippen molar-refractivity contribution in [2.24, 2.45) is 4.99 Å². The number of aliphatic imine (C=N–C) groups is 1. The van der Waals surface area contributed by atoms with Crippen molar-refractivity contribution in [3.63, 3.8) is 0 Å². The molecule has 1 unspecified atom stereocenters. The molecule has 1 aliphatic heterocycles. The molecular formula is C23H34N4O3. The lowest BCUT2D eigenvalue weighted by Gasteiger charge is -2.26. The summed E-state index contributed by atoms with van der Waals surface area (Å²) in [5.41, 5.74) is 1.23. The van der Waals surface area contributed by atoms with E-state index in [2.05, 4.69) is 32.7 Å². The summed E-state index contributed by atoms with van der Waals surface area (Å²) in [5, 5.41) is 6.88. The van der Waals surface area contributed by atoms with E-state index in [1.54, 1.807) is 27.5 Å². The highest BCUT2D eigenvalue weighted by Gasteiger charge is 2.25. The summed E-state index contributed by atoms with van der Waals surface area (Å²) < 4.78 is 16.4. The average Bonchev–Trinajstić information content (AvgIpc) is 3.50. The molecule has 0 amide bonds. The fourth-order valence-corrected chi connectivity index (χ4v) is 3.89. The molecule has 1 atom stereocenters. The number of nitrogens with one attached hydrogen (secondary N) is 2. The second kappa shape index (κ2) is 11.5. The van der Waals surface area contributed by atoms with Crippen LogP contribution in [0.3, 0.4) is 0 Å². The zero-order valence-corrected chi connectivity index (χ0v) is 18.3. The van der Waals surface area contributed by atoms with Gasteiger partial charge in [-0.25, -0.2) is 0 Å². The summed E-state index contributed by atoms with van der Waals surface area (Å²) in [5.74, 6) is 3.35. The molecule has 1 aliphatic rings. The normalized spacial score (nSPS) is 15.8. The molecule has 2 aromatic rings. The van der Waals surface area contributed by atoms with Crippen LogP contribution in [0.25, 0.3) is 0 Å². The van der Waals surface area contributed by atoms with Crippen LogP contribution in [0.15, 0.2) is 46.0 Å². The van der Waals surface area contributed by atoms with Crippen molar-refractivity contribution < 1.29 is 13.9 Å². The second-order valence-corrected chi connectivity index (χ2v) is 7.45. The van der Waals surface area contributed by atoms with Crippen molar-refractivity contribution >= 4 is 5.96 Å². The van der Waals surface area contributed by atoms with E-state index >= 15 is 0 Å². The molecule has 164 valence electrons. The van der Waals surface area contributed by atoms with Gasteiger partial charge in [-0.05, 0) is 68.6 Å². The third kappa shape index (κ3) is 5.92. The number of hydrogen-bond donors (Lipinski definition) is 2. The van der Waals surface area contributed by atoms with Gasteiger partial charge in [0.05, 0.1) is 26.5 Å². The first kappa shape index (κ1) is 22.0. The SMILES string of the molecule is CN=C(NCCCc1ccc(OC)c(OC)c1)NCC(c1ccco1)N1CCCC1. The van der Waals surface area contributed by atoms with Crippen molar-refractivity contribution in [2.45, 2.75) is 31.7 Å². The fraction of sp³-hybridized carbons (Fsp3) is 0.522. The molecule has 0 radical (unpaired) electrons. The summed E-state index contributed by atoms with van der Waals surface area (Å²) in [6.45, 7) is 3.83. The van der Waals surface area contributed by atoms with Crippen molar-refractivity contribution in [3.05, 3.63) is 47.9 Å². The van der Waals surface area contributed by atoms with Gasteiger partial charge >= 0.3 is 0 Å². The third-order valence-electron chi connectivity index (χ3n) is 5.52. The van der Waals surface area contributed by atoms with Crippen molar-refractivity contribution in [1.29, 1.82) is 0 Å². The lowest BCUT2D eigenvalue weighted by atomic mass is 10.1. The topological polar surface area (TPSA) is 71.3 Å². The van der Waals surface area contributed by atoms with E-state index in [0.29, 0.717) is 0 Å². The van der Waals surface area contributed by atoms with Crippen LogP contribution < -0.4 is 20.1 Å². The Balaban J connectivity index is 1.45. The largest absolute Gasteiger partial charge is 0.493 e. The Morgan fingerprint density at radius 1 is 1.13 bits per heavy atom. The molecule has 0 spiro atoms. The van der Waals surface area contributed by atoms with E-state index in [-0.39, 0.29) is 6.04 Å². The number of aryl methyl sites for hydroxylation is 1. The highest BCUT2D eigenvalue weighted by molar-refractivity contribution is 5.79. The fourth-order valence-electron chi connectivity index (χ4n) is 3.89. The zero-order valence-electron chi connectivity index (χ0n) is 18.3. The Morgan fingerprint density at radius 3 is 2.60 bits per heavy atom. The smallest absolute Gasteiger partial charge is 0.191 e. The number of hydrogen-bond acceptors (Lipinski definition) is 5. The molecule has 1 fully saturated rings. The number of nitrogens with zero attached hydrogens (tertiary/aromatic N) is 2. The summed E-state index contributed by atoms with van der Waals surface area (Å²) in [6.07, 6.45) is 6.19. The van der Waals surface area contributed by atoms with Crippen LogP contribution in [0.2, 0.25) is 0 Å². The predicted octanol–water partition coefficient (Wildman–Crippen LogP) is 3.23. The first-order valence-corrected chi connectivity index (χ1v) is 10.7. The standard InChI is InChI=1S/C23H34N4O3/c1-24-23(25-12-6-8-18-10-11-21(28-2)22(16-18)29-3)26-17-19(20-9-7-15-30-20)27-13-4-5-14-27/h7,9-11,15-16,19H,4-6,8,12-14,17H2,1-3H3,(H2,24,25,26). The summed E-state index contributed by atoms with van der Waals surface area (Å²) in [6, 6.07) is 10.3. The van der Waals surface area contributed by atoms with Gasteiger partial charge in [0, 0.05) is 20.1 Å². The molecule has 3 rings (SSSR count). The first-order valence-electron chi connectivity index (χ1n) is 10.7. The van der Waals surface area contributed by atoms with E-state index in [4.69, 9.17) is 13.9 Å². The number of methoxy groups -OCH3 is 2. The van der Waals surface area contributed by atoms with Gasteiger partial charge in [-0.3, -0.25) is 9.89 Å². The van der Waals surface area contributed by atoms with Crippen LogP contribution in [0, 0.1) is 0 Å². The zero-order chi connectivity index (χ0) is 21.2. The minimum atomic E-state index is 0.229. The van der Waals surface area contributed by atoms with Gasteiger partial charge < -0.3 is 24.5 Å². The van der Waals surface area contributed by atoms with Crippen molar-refractivity contribution in [2.75, 3.05) is 47.4 Å². The molecule has 2 heterocycles. The highest BCUT2D eigenvalue weighted by atomic mass is 16.5. The lowest BCUT2D eigenvalue weighted by Crippen LogP contribution is -2.42. The maximum absolute atomic E-state index is 5.70. The van der Waals surface area contributed by atoms with Crippen LogP contribution in [-0.2, 0) is 6.42 Å². The molecule has 2 N–H and O–H groups in total. The molecule has 0 saturated carbocycles. The minimum Gasteiger partial charge on any atom is -0.493 e. The molecule has 1 aromatic carbocycles. The predicted molar refractivity (Wildman–Crippen MR) is 119 cm³/mol. The number of ether oxygens (including phenoxy) is 2. The van der Waals surface area contributed by atoms with Gasteiger partial charge in [0.15, 0.2) is 17.5 Å². The maximum Gasteiger partial charge on any atom is 0.191 e.